The van der Waals surface area contributed by atoms with Crippen LogP contribution in [0.15, 0.2) is 30.3 Å². The van der Waals surface area contributed by atoms with E-state index in [1.165, 1.54) is 4.90 Å². The highest BCUT2D eigenvalue weighted by molar-refractivity contribution is 5.93. The quantitative estimate of drug-likeness (QED) is 0.857. The summed E-state index contributed by atoms with van der Waals surface area (Å²) in [5.41, 5.74) is 1.09. The van der Waals surface area contributed by atoms with Gasteiger partial charge < -0.3 is 9.47 Å². The number of benzene rings is 1. The Kier molecular flexibility index (Phi) is 4.96. The molecule has 5 nitrogen and oxygen atoms in total. The zero-order valence-electron chi connectivity index (χ0n) is 13.4. The van der Waals surface area contributed by atoms with Gasteiger partial charge in [-0.25, -0.2) is 9.69 Å². The van der Waals surface area contributed by atoms with Crippen LogP contribution in [-0.2, 0) is 20.7 Å². The van der Waals surface area contributed by atoms with Crippen LogP contribution in [-0.4, -0.2) is 42.3 Å². The fourth-order valence-electron chi connectivity index (χ4n) is 3.31. The van der Waals surface area contributed by atoms with E-state index in [0.717, 1.165) is 18.4 Å². The third-order valence-corrected chi connectivity index (χ3v) is 4.58. The molecule has 5 heteroatoms. The van der Waals surface area contributed by atoms with Crippen LogP contribution in [0.1, 0.15) is 31.7 Å². The molecule has 0 spiro atoms. The molecular formula is C18H23NO4. The first-order chi connectivity index (χ1) is 11.1. The van der Waals surface area contributed by atoms with Crippen LogP contribution in [0.3, 0.4) is 0 Å². The number of carbonyl (C=O) groups is 2. The van der Waals surface area contributed by atoms with Crippen LogP contribution >= 0.6 is 0 Å². The predicted molar refractivity (Wildman–Crippen MR) is 84.9 cm³/mol. The van der Waals surface area contributed by atoms with Crippen molar-refractivity contribution >= 4 is 12.0 Å². The molecule has 2 heterocycles. The third-order valence-electron chi connectivity index (χ3n) is 4.58. The normalized spacial score (nSPS) is 27.8. The number of hydrogen-bond acceptors (Lipinski definition) is 4. The molecule has 0 bridgehead atoms. The zero-order valence-corrected chi connectivity index (χ0v) is 13.4. The lowest BCUT2D eigenvalue weighted by atomic mass is 9.95. The molecule has 0 unspecified atom stereocenters. The maximum Gasteiger partial charge on any atom is 0.416 e. The molecule has 0 radical (unpaired) electrons. The van der Waals surface area contributed by atoms with E-state index >= 15 is 0 Å². The summed E-state index contributed by atoms with van der Waals surface area (Å²) >= 11 is 0. The minimum atomic E-state index is -0.528. The first kappa shape index (κ1) is 16.0. The van der Waals surface area contributed by atoms with Gasteiger partial charge in [-0.15, -0.1) is 0 Å². The molecule has 23 heavy (non-hydrogen) atoms. The van der Waals surface area contributed by atoms with Gasteiger partial charge in [-0.3, -0.25) is 4.79 Å². The smallest absolute Gasteiger partial charge is 0.416 e. The number of hydrogen-bond donors (Lipinski definition) is 0. The second kappa shape index (κ2) is 7.13. The number of rotatable bonds is 4. The predicted octanol–water partition coefficient (Wildman–Crippen LogP) is 2.78. The van der Waals surface area contributed by atoms with E-state index in [4.69, 9.17) is 9.47 Å². The first-order valence-corrected chi connectivity index (χ1v) is 8.28. The van der Waals surface area contributed by atoms with Gasteiger partial charge in [-0.2, -0.15) is 0 Å². The van der Waals surface area contributed by atoms with Crippen LogP contribution in [0.4, 0.5) is 4.79 Å². The lowest BCUT2D eigenvalue weighted by Crippen LogP contribution is -2.42. The second-order valence-corrected chi connectivity index (χ2v) is 6.51. The minimum Gasteiger partial charge on any atom is -0.447 e. The van der Waals surface area contributed by atoms with Crippen molar-refractivity contribution in [2.75, 3.05) is 13.2 Å². The number of nitrogens with zero attached hydrogens (tertiary/aromatic N) is 1. The highest BCUT2D eigenvalue weighted by atomic mass is 16.6. The van der Waals surface area contributed by atoms with Crippen LogP contribution in [0.2, 0.25) is 0 Å². The maximum absolute atomic E-state index is 12.6. The van der Waals surface area contributed by atoms with E-state index in [2.05, 4.69) is 6.92 Å². The molecular weight excluding hydrogens is 294 g/mol. The zero-order chi connectivity index (χ0) is 16.2. The van der Waals surface area contributed by atoms with Gasteiger partial charge in [0.25, 0.3) is 0 Å². The van der Waals surface area contributed by atoms with E-state index in [0.29, 0.717) is 18.9 Å². The van der Waals surface area contributed by atoms with Gasteiger partial charge in [0, 0.05) is 6.61 Å². The van der Waals surface area contributed by atoms with Crippen molar-refractivity contribution in [2.24, 2.45) is 5.92 Å². The minimum absolute atomic E-state index is 0.0861. The molecule has 0 N–H and O–H groups in total. The summed E-state index contributed by atoms with van der Waals surface area (Å²) in [6.07, 6.45) is 2.17. The topological polar surface area (TPSA) is 55.8 Å². The first-order valence-electron chi connectivity index (χ1n) is 8.28. The monoisotopic (exact) mass is 317 g/mol. The van der Waals surface area contributed by atoms with Crippen molar-refractivity contribution < 1.29 is 19.1 Å². The average Bonchev–Trinajstić information content (AvgIpc) is 2.89. The Balaban J connectivity index is 1.63. The van der Waals surface area contributed by atoms with Gasteiger partial charge in [-0.1, -0.05) is 37.3 Å². The van der Waals surface area contributed by atoms with Crippen LogP contribution in [0, 0.1) is 5.92 Å². The van der Waals surface area contributed by atoms with E-state index in [9.17, 15) is 9.59 Å². The van der Waals surface area contributed by atoms with Crippen molar-refractivity contribution in [3.05, 3.63) is 35.9 Å². The number of amides is 2. The number of ether oxygens (including phenoxy) is 2. The number of carbonyl (C=O) groups excluding carboxylic acids is 2. The standard InChI is InChI=1S/C18H23NO4/c1-13-7-8-22-16(9-13)11-17(20)19-15(12-23-18(19)21)10-14-5-3-2-4-6-14/h2-6,13,15-16H,7-12H2,1H3/t13-,15+,16-/m0/s1. The molecule has 1 aromatic carbocycles. The fourth-order valence-corrected chi connectivity index (χ4v) is 3.31. The molecule has 0 saturated carbocycles. The van der Waals surface area contributed by atoms with Gasteiger partial charge in [0.05, 0.1) is 18.6 Å². The van der Waals surface area contributed by atoms with E-state index in [-0.39, 0.29) is 31.1 Å². The van der Waals surface area contributed by atoms with Gasteiger partial charge in [-0.05, 0) is 30.7 Å². The van der Waals surface area contributed by atoms with E-state index in [1.807, 2.05) is 30.3 Å². The van der Waals surface area contributed by atoms with Gasteiger partial charge in [0.15, 0.2) is 0 Å². The Hall–Kier alpha value is -1.88. The van der Waals surface area contributed by atoms with Crippen LogP contribution in [0.25, 0.3) is 0 Å². The Morgan fingerprint density at radius 1 is 1.30 bits per heavy atom. The van der Waals surface area contributed by atoms with Crippen LogP contribution < -0.4 is 0 Å². The summed E-state index contributed by atoms with van der Waals surface area (Å²) in [5, 5.41) is 0. The highest BCUT2D eigenvalue weighted by Crippen LogP contribution is 2.24. The van der Waals surface area contributed by atoms with Crippen molar-refractivity contribution in [1.82, 2.24) is 4.90 Å². The Morgan fingerprint density at radius 2 is 2.09 bits per heavy atom. The molecule has 2 fully saturated rings. The third kappa shape index (κ3) is 3.91. The van der Waals surface area contributed by atoms with Crippen molar-refractivity contribution in [3.63, 3.8) is 0 Å². The van der Waals surface area contributed by atoms with Crippen LogP contribution in [0.5, 0.6) is 0 Å². The van der Waals surface area contributed by atoms with Crippen molar-refractivity contribution in [3.8, 4) is 0 Å². The molecule has 124 valence electrons. The molecule has 2 saturated heterocycles. The van der Waals surface area contributed by atoms with Crippen molar-refractivity contribution in [2.45, 2.75) is 44.8 Å². The summed E-state index contributed by atoms with van der Waals surface area (Å²) < 4.78 is 10.8. The Labute approximate surface area is 136 Å². The molecule has 1 aromatic rings. The SMILES string of the molecule is C[C@H]1CCO[C@H](CC(=O)N2C(=O)OC[C@H]2Cc2ccccc2)C1. The summed E-state index contributed by atoms with van der Waals surface area (Å²) in [5.74, 6) is 0.375. The van der Waals surface area contributed by atoms with Gasteiger partial charge in [0.1, 0.15) is 6.61 Å². The molecule has 3 atom stereocenters. The lowest BCUT2D eigenvalue weighted by Gasteiger charge is -2.28. The largest absolute Gasteiger partial charge is 0.447 e. The number of cyclic esters (lactones) is 1. The van der Waals surface area contributed by atoms with Gasteiger partial charge in [0.2, 0.25) is 5.91 Å². The number of imide groups is 1. The molecule has 2 aliphatic rings. The molecule has 3 rings (SSSR count). The molecule has 2 aliphatic heterocycles. The Bertz CT molecular complexity index is 559. The maximum atomic E-state index is 12.6. The average molecular weight is 317 g/mol. The second-order valence-electron chi connectivity index (χ2n) is 6.51. The Morgan fingerprint density at radius 3 is 2.83 bits per heavy atom. The fraction of sp³-hybridized carbons (Fsp3) is 0.556. The lowest BCUT2D eigenvalue weighted by molar-refractivity contribution is -0.133. The van der Waals surface area contributed by atoms with Gasteiger partial charge >= 0.3 is 6.09 Å². The summed E-state index contributed by atoms with van der Waals surface area (Å²) in [6.45, 7) is 3.13. The summed E-state index contributed by atoms with van der Waals surface area (Å²) in [6, 6.07) is 9.63. The highest BCUT2D eigenvalue weighted by Gasteiger charge is 2.39. The molecule has 0 aliphatic carbocycles. The molecule has 2 amide bonds. The summed E-state index contributed by atoms with van der Waals surface area (Å²) in [7, 11) is 0. The van der Waals surface area contributed by atoms with E-state index < -0.39 is 6.09 Å². The van der Waals surface area contributed by atoms with Crippen molar-refractivity contribution in [1.29, 1.82) is 0 Å². The molecule has 0 aromatic heterocycles. The summed E-state index contributed by atoms with van der Waals surface area (Å²) in [4.78, 5) is 25.8. The van der Waals surface area contributed by atoms with E-state index in [1.54, 1.807) is 0 Å².